The van der Waals surface area contributed by atoms with Gasteiger partial charge in [-0.25, -0.2) is 4.99 Å². The smallest absolute Gasteiger partial charge is 0.227 e. The molecule has 0 amide bonds. The molecular weight excluding hydrogens is 391 g/mol. The highest BCUT2D eigenvalue weighted by atomic mass is 127. The summed E-state index contributed by atoms with van der Waals surface area (Å²) >= 11 is 0. The second-order valence-electron chi connectivity index (χ2n) is 5.68. The first-order valence-electron chi connectivity index (χ1n) is 7.64. The summed E-state index contributed by atoms with van der Waals surface area (Å²) in [6, 6.07) is 6.97. The van der Waals surface area contributed by atoms with Gasteiger partial charge in [0.25, 0.3) is 0 Å². The lowest BCUT2D eigenvalue weighted by Crippen LogP contribution is -2.29. The van der Waals surface area contributed by atoms with Gasteiger partial charge in [0, 0.05) is 33.1 Å². The van der Waals surface area contributed by atoms with E-state index in [0.717, 1.165) is 43.5 Å². The van der Waals surface area contributed by atoms with Crippen LogP contribution in [0.4, 0.5) is 5.69 Å². The Kier molecular flexibility index (Phi) is 6.05. The standard InChI is InChI=1S/C16H22N4O.HI/c1-19-10-4-5-15(19)18-16(20-11-2-3-12-20)17-13-6-8-14(21)9-7-13;/h6-9,21H,2-5,10-12H2,1H3;1H. The molecule has 0 unspecified atom stereocenters. The molecule has 2 aliphatic heterocycles. The van der Waals surface area contributed by atoms with E-state index in [-0.39, 0.29) is 29.7 Å². The minimum atomic E-state index is 0. The van der Waals surface area contributed by atoms with Crippen molar-refractivity contribution in [2.45, 2.75) is 25.7 Å². The number of guanidine groups is 1. The fourth-order valence-electron chi connectivity index (χ4n) is 2.78. The SMILES string of the molecule is CN1CCCC1=NC(=Nc1ccc(O)cc1)N1CCCC1.I. The molecule has 0 atom stereocenters. The summed E-state index contributed by atoms with van der Waals surface area (Å²) < 4.78 is 0. The molecule has 6 heteroatoms. The van der Waals surface area contributed by atoms with Crippen LogP contribution in [0.1, 0.15) is 25.7 Å². The number of amidine groups is 1. The van der Waals surface area contributed by atoms with Gasteiger partial charge in [-0.3, -0.25) is 0 Å². The predicted molar refractivity (Wildman–Crippen MR) is 101 cm³/mol. The van der Waals surface area contributed by atoms with Gasteiger partial charge in [0.1, 0.15) is 11.6 Å². The first kappa shape index (κ1) is 17.1. The highest BCUT2D eigenvalue weighted by Crippen LogP contribution is 2.20. The van der Waals surface area contributed by atoms with Crippen molar-refractivity contribution >= 4 is 41.5 Å². The van der Waals surface area contributed by atoms with Crippen molar-refractivity contribution < 1.29 is 5.11 Å². The summed E-state index contributed by atoms with van der Waals surface area (Å²) in [6.07, 6.45) is 4.60. The average molecular weight is 414 g/mol. The molecule has 0 spiro atoms. The minimum Gasteiger partial charge on any atom is -0.508 e. The van der Waals surface area contributed by atoms with Crippen LogP contribution in [0, 0.1) is 0 Å². The number of rotatable bonds is 1. The molecule has 22 heavy (non-hydrogen) atoms. The predicted octanol–water partition coefficient (Wildman–Crippen LogP) is 3.22. The molecule has 3 rings (SSSR count). The van der Waals surface area contributed by atoms with Gasteiger partial charge in [-0.15, -0.1) is 24.0 Å². The van der Waals surface area contributed by atoms with E-state index in [0.29, 0.717) is 0 Å². The fraction of sp³-hybridized carbons (Fsp3) is 0.500. The van der Waals surface area contributed by atoms with E-state index < -0.39 is 0 Å². The van der Waals surface area contributed by atoms with E-state index in [4.69, 9.17) is 9.98 Å². The minimum absolute atomic E-state index is 0. The van der Waals surface area contributed by atoms with Crippen molar-refractivity contribution in [1.82, 2.24) is 9.80 Å². The Hall–Kier alpha value is -1.31. The van der Waals surface area contributed by atoms with Crippen LogP contribution in [0.3, 0.4) is 0 Å². The number of aromatic hydroxyl groups is 1. The van der Waals surface area contributed by atoms with Crippen LogP contribution in [0.15, 0.2) is 34.3 Å². The summed E-state index contributed by atoms with van der Waals surface area (Å²) in [7, 11) is 2.09. The number of halogens is 1. The van der Waals surface area contributed by atoms with E-state index in [1.807, 2.05) is 12.1 Å². The number of phenolic OH excluding ortho intramolecular Hbond substituents is 1. The Morgan fingerprint density at radius 1 is 1.05 bits per heavy atom. The van der Waals surface area contributed by atoms with Crippen molar-refractivity contribution in [3.05, 3.63) is 24.3 Å². The lowest BCUT2D eigenvalue weighted by Gasteiger charge is -2.19. The van der Waals surface area contributed by atoms with Gasteiger partial charge in [-0.2, -0.15) is 4.99 Å². The normalized spacial score (nSPS) is 20.6. The zero-order valence-corrected chi connectivity index (χ0v) is 15.2. The quantitative estimate of drug-likeness (QED) is 0.436. The lowest BCUT2D eigenvalue weighted by molar-refractivity contribution is 0.475. The summed E-state index contributed by atoms with van der Waals surface area (Å²) in [6.45, 7) is 3.13. The molecule has 120 valence electrons. The van der Waals surface area contributed by atoms with Crippen LogP contribution >= 0.6 is 24.0 Å². The zero-order chi connectivity index (χ0) is 14.7. The monoisotopic (exact) mass is 414 g/mol. The van der Waals surface area contributed by atoms with Crippen molar-refractivity contribution in [3.8, 4) is 5.75 Å². The zero-order valence-electron chi connectivity index (χ0n) is 12.9. The van der Waals surface area contributed by atoms with Crippen LogP contribution in [0.2, 0.25) is 0 Å². The maximum atomic E-state index is 9.37. The molecule has 2 saturated heterocycles. The van der Waals surface area contributed by atoms with Crippen molar-refractivity contribution in [2.24, 2.45) is 9.98 Å². The maximum absolute atomic E-state index is 9.37. The molecule has 0 bridgehead atoms. The molecule has 1 N–H and O–H groups in total. The molecule has 2 fully saturated rings. The van der Waals surface area contributed by atoms with Crippen molar-refractivity contribution in [3.63, 3.8) is 0 Å². The van der Waals surface area contributed by atoms with Gasteiger partial charge in [-0.05, 0) is 43.5 Å². The molecule has 5 nitrogen and oxygen atoms in total. The molecule has 0 radical (unpaired) electrons. The Morgan fingerprint density at radius 2 is 1.73 bits per heavy atom. The van der Waals surface area contributed by atoms with E-state index in [1.165, 1.54) is 19.3 Å². The Morgan fingerprint density at radius 3 is 2.32 bits per heavy atom. The van der Waals surface area contributed by atoms with Crippen molar-refractivity contribution in [2.75, 3.05) is 26.7 Å². The third-order valence-electron chi connectivity index (χ3n) is 4.03. The molecule has 0 aliphatic carbocycles. The van der Waals surface area contributed by atoms with Gasteiger partial charge < -0.3 is 14.9 Å². The number of hydrogen-bond donors (Lipinski definition) is 1. The van der Waals surface area contributed by atoms with Gasteiger partial charge in [0.05, 0.1) is 5.69 Å². The highest BCUT2D eigenvalue weighted by Gasteiger charge is 2.20. The molecular formula is C16H23IN4O. The highest BCUT2D eigenvalue weighted by molar-refractivity contribution is 14.0. The second-order valence-corrected chi connectivity index (χ2v) is 5.68. The summed E-state index contributed by atoms with van der Waals surface area (Å²) in [5.74, 6) is 2.19. The lowest BCUT2D eigenvalue weighted by atomic mass is 10.3. The van der Waals surface area contributed by atoms with E-state index in [1.54, 1.807) is 12.1 Å². The molecule has 0 aromatic heterocycles. The Labute approximate surface area is 148 Å². The molecule has 2 heterocycles. The topological polar surface area (TPSA) is 51.4 Å². The average Bonchev–Trinajstić information content (AvgIpc) is 3.13. The second kappa shape index (κ2) is 7.80. The Balaban J connectivity index is 0.00000176. The fourth-order valence-corrected chi connectivity index (χ4v) is 2.78. The van der Waals surface area contributed by atoms with Gasteiger partial charge in [-0.1, -0.05) is 0 Å². The molecule has 1 aromatic rings. The first-order chi connectivity index (χ1) is 10.2. The summed E-state index contributed by atoms with van der Waals surface area (Å²) in [4.78, 5) is 14.0. The van der Waals surface area contributed by atoms with Gasteiger partial charge in [0.2, 0.25) is 5.96 Å². The number of benzene rings is 1. The third kappa shape index (κ3) is 4.12. The molecule has 2 aliphatic rings. The number of nitrogens with zero attached hydrogens (tertiary/aromatic N) is 4. The van der Waals surface area contributed by atoms with E-state index in [9.17, 15) is 5.11 Å². The van der Waals surface area contributed by atoms with Crippen LogP contribution in [-0.4, -0.2) is 53.4 Å². The number of aliphatic imine (C=N–C) groups is 2. The van der Waals surface area contributed by atoms with E-state index in [2.05, 4.69) is 16.8 Å². The Bertz CT molecular complexity index is 550. The first-order valence-corrected chi connectivity index (χ1v) is 7.64. The molecule has 0 saturated carbocycles. The van der Waals surface area contributed by atoms with Gasteiger partial charge in [0.15, 0.2) is 0 Å². The summed E-state index contributed by atoms with van der Waals surface area (Å²) in [5.41, 5.74) is 0.833. The number of phenols is 1. The third-order valence-corrected chi connectivity index (χ3v) is 4.03. The van der Waals surface area contributed by atoms with Crippen LogP contribution < -0.4 is 0 Å². The summed E-state index contributed by atoms with van der Waals surface area (Å²) in [5, 5.41) is 9.37. The van der Waals surface area contributed by atoms with E-state index >= 15 is 0 Å². The molecule has 1 aromatic carbocycles. The van der Waals surface area contributed by atoms with Crippen molar-refractivity contribution in [1.29, 1.82) is 0 Å². The van der Waals surface area contributed by atoms with Crippen LogP contribution in [0.5, 0.6) is 5.75 Å². The number of hydrogen-bond acceptors (Lipinski definition) is 2. The largest absolute Gasteiger partial charge is 0.508 e. The maximum Gasteiger partial charge on any atom is 0.227 e. The van der Waals surface area contributed by atoms with Crippen LogP contribution in [0.25, 0.3) is 0 Å². The van der Waals surface area contributed by atoms with Crippen LogP contribution in [-0.2, 0) is 0 Å². The van der Waals surface area contributed by atoms with Gasteiger partial charge >= 0.3 is 0 Å². The number of likely N-dealkylation sites (tertiary alicyclic amines) is 2.